The van der Waals surface area contributed by atoms with Gasteiger partial charge >= 0.3 is 0 Å². The van der Waals surface area contributed by atoms with E-state index >= 15 is 0 Å². The van der Waals surface area contributed by atoms with E-state index in [0.717, 1.165) is 5.75 Å². The highest BCUT2D eigenvalue weighted by Crippen LogP contribution is 2.27. The molecule has 1 rings (SSSR count). The summed E-state index contributed by atoms with van der Waals surface area (Å²) in [5.74, 6) is 1.41. The molecule has 0 saturated carbocycles. The number of para-hydroxylation sites is 2. The Bertz CT molecular complexity index is 312. The standard InChI is InChI=1S/C13H20O3/c1-4-11(14)10(3)16-13-9-7-6-8-12(13)15-5-2/h6-11,14H,4-5H2,1-3H3. The van der Waals surface area contributed by atoms with E-state index < -0.39 is 6.10 Å². The first-order chi connectivity index (χ1) is 7.69. The second-order valence-electron chi connectivity index (χ2n) is 3.68. The normalized spacial score (nSPS) is 14.2. The van der Waals surface area contributed by atoms with E-state index in [1.807, 2.05) is 45.0 Å². The van der Waals surface area contributed by atoms with Crippen LogP contribution in [0.5, 0.6) is 11.5 Å². The Hall–Kier alpha value is -1.22. The molecule has 0 spiro atoms. The van der Waals surface area contributed by atoms with Gasteiger partial charge in [0.15, 0.2) is 11.5 Å². The highest BCUT2D eigenvalue weighted by Gasteiger charge is 2.15. The Morgan fingerprint density at radius 3 is 2.38 bits per heavy atom. The van der Waals surface area contributed by atoms with Crippen LogP contribution < -0.4 is 9.47 Å². The monoisotopic (exact) mass is 224 g/mol. The van der Waals surface area contributed by atoms with Gasteiger partial charge in [-0.15, -0.1) is 0 Å². The van der Waals surface area contributed by atoms with Crippen LogP contribution in [-0.2, 0) is 0 Å². The first kappa shape index (κ1) is 12.8. The van der Waals surface area contributed by atoms with Crippen LogP contribution in [0.4, 0.5) is 0 Å². The van der Waals surface area contributed by atoms with Crippen LogP contribution in [0.3, 0.4) is 0 Å². The molecule has 0 bridgehead atoms. The maximum atomic E-state index is 9.64. The van der Waals surface area contributed by atoms with Crippen molar-refractivity contribution < 1.29 is 14.6 Å². The molecule has 2 atom stereocenters. The Morgan fingerprint density at radius 1 is 1.19 bits per heavy atom. The van der Waals surface area contributed by atoms with Gasteiger partial charge in [-0.05, 0) is 32.4 Å². The molecule has 0 fully saturated rings. The second kappa shape index (κ2) is 6.38. The zero-order chi connectivity index (χ0) is 12.0. The van der Waals surface area contributed by atoms with E-state index in [1.54, 1.807) is 0 Å². The summed E-state index contributed by atoms with van der Waals surface area (Å²) in [4.78, 5) is 0. The molecular weight excluding hydrogens is 204 g/mol. The van der Waals surface area contributed by atoms with Gasteiger partial charge in [0.25, 0.3) is 0 Å². The van der Waals surface area contributed by atoms with E-state index in [4.69, 9.17) is 9.47 Å². The number of hydrogen-bond donors (Lipinski definition) is 1. The van der Waals surface area contributed by atoms with Crippen molar-refractivity contribution in [2.45, 2.75) is 39.4 Å². The highest BCUT2D eigenvalue weighted by atomic mass is 16.5. The summed E-state index contributed by atoms with van der Waals surface area (Å²) in [5.41, 5.74) is 0. The first-order valence-corrected chi connectivity index (χ1v) is 5.75. The smallest absolute Gasteiger partial charge is 0.161 e. The molecule has 0 amide bonds. The van der Waals surface area contributed by atoms with Crippen LogP contribution >= 0.6 is 0 Å². The van der Waals surface area contributed by atoms with Crippen molar-refractivity contribution in [3.63, 3.8) is 0 Å². The minimum Gasteiger partial charge on any atom is -0.490 e. The first-order valence-electron chi connectivity index (χ1n) is 5.75. The molecule has 0 radical (unpaired) electrons. The maximum absolute atomic E-state index is 9.64. The second-order valence-corrected chi connectivity index (χ2v) is 3.68. The molecule has 16 heavy (non-hydrogen) atoms. The third kappa shape index (κ3) is 3.42. The molecule has 1 aromatic carbocycles. The molecule has 90 valence electrons. The van der Waals surface area contributed by atoms with E-state index in [2.05, 4.69) is 0 Å². The van der Waals surface area contributed by atoms with E-state index in [9.17, 15) is 5.11 Å². The summed E-state index contributed by atoms with van der Waals surface area (Å²) >= 11 is 0. The van der Waals surface area contributed by atoms with Gasteiger partial charge in [0.05, 0.1) is 12.7 Å². The van der Waals surface area contributed by atoms with Gasteiger partial charge in [-0.1, -0.05) is 19.1 Å². The summed E-state index contributed by atoms with van der Waals surface area (Å²) in [6, 6.07) is 7.51. The third-order valence-electron chi connectivity index (χ3n) is 2.42. The fraction of sp³-hybridized carbons (Fsp3) is 0.538. The van der Waals surface area contributed by atoms with E-state index in [-0.39, 0.29) is 6.10 Å². The molecule has 0 saturated heterocycles. The van der Waals surface area contributed by atoms with Crippen molar-refractivity contribution >= 4 is 0 Å². The molecule has 1 N–H and O–H groups in total. The molecule has 1 aromatic rings. The van der Waals surface area contributed by atoms with Crippen LogP contribution in [0, 0.1) is 0 Å². The molecule has 3 nitrogen and oxygen atoms in total. The molecular formula is C13H20O3. The molecule has 0 heterocycles. The molecule has 2 unspecified atom stereocenters. The Morgan fingerprint density at radius 2 is 1.81 bits per heavy atom. The van der Waals surface area contributed by atoms with Gasteiger partial charge in [0.2, 0.25) is 0 Å². The predicted octanol–water partition coefficient (Wildman–Crippen LogP) is 2.62. The molecule has 0 aliphatic heterocycles. The van der Waals surface area contributed by atoms with Crippen LogP contribution in [-0.4, -0.2) is 23.9 Å². The van der Waals surface area contributed by atoms with Gasteiger partial charge < -0.3 is 14.6 Å². The SMILES string of the molecule is CCOc1ccccc1OC(C)C(O)CC. The fourth-order valence-electron chi connectivity index (χ4n) is 1.43. The van der Waals surface area contributed by atoms with Crippen molar-refractivity contribution in [2.24, 2.45) is 0 Å². The highest BCUT2D eigenvalue weighted by molar-refractivity contribution is 5.39. The lowest BCUT2D eigenvalue weighted by Gasteiger charge is -2.20. The molecule has 3 heteroatoms. The summed E-state index contributed by atoms with van der Waals surface area (Å²) in [6.07, 6.45) is -0.000822. The molecule has 0 aliphatic rings. The van der Waals surface area contributed by atoms with E-state index in [0.29, 0.717) is 18.8 Å². The Balaban J connectivity index is 2.71. The van der Waals surface area contributed by atoms with Crippen LogP contribution in [0.2, 0.25) is 0 Å². The quantitative estimate of drug-likeness (QED) is 0.807. The largest absolute Gasteiger partial charge is 0.490 e. The maximum Gasteiger partial charge on any atom is 0.161 e. The summed E-state index contributed by atoms with van der Waals surface area (Å²) < 4.78 is 11.1. The summed E-state index contributed by atoms with van der Waals surface area (Å²) in [6.45, 7) is 6.32. The topological polar surface area (TPSA) is 38.7 Å². The Kier molecular flexibility index (Phi) is 5.12. The number of benzene rings is 1. The van der Waals surface area contributed by atoms with Crippen LogP contribution in [0.15, 0.2) is 24.3 Å². The van der Waals surface area contributed by atoms with Gasteiger partial charge in [0, 0.05) is 0 Å². The molecule has 0 aliphatic carbocycles. The van der Waals surface area contributed by atoms with Crippen molar-refractivity contribution in [3.8, 4) is 11.5 Å². The van der Waals surface area contributed by atoms with Crippen molar-refractivity contribution in [1.82, 2.24) is 0 Å². The number of hydrogen-bond acceptors (Lipinski definition) is 3. The van der Waals surface area contributed by atoms with Crippen molar-refractivity contribution in [1.29, 1.82) is 0 Å². The van der Waals surface area contributed by atoms with Gasteiger partial charge in [0.1, 0.15) is 6.10 Å². The zero-order valence-corrected chi connectivity index (χ0v) is 10.1. The Labute approximate surface area is 97.0 Å². The number of aliphatic hydroxyl groups excluding tert-OH is 1. The van der Waals surface area contributed by atoms with Gasteiger partial charge in [-0.3, -0.25) is 0 Å². The average molecular weight is 224 g/mol. The summed E-state index contributed by atoms with van der Waals surface area (Å²) in [7, 11) is 0. The lowest BCUT2D eigenvalue weighted by atomic mass is 10.2. The fourth-order valence-corrected chi connectivity index (χ4v) is 1.43. The van der Waals surface area contributed by atoms with Crippen LogP contribution in [0.25, 0.3) is 0 Å². The van der Waals surface area contributed by atoms with Gasteiger partial charge in [-0.25, -0.2) is 0 Å². The minimum atomic E-state index is -0.449. The summed E-state index contributed by atoms with van der Waals surface area (Å²) in [5, 5.41) is 9.64. The lowest BCUT2D eigenvalue weighted by Crippen LogP contribution is -2.28. The predicted molar refractivity (Wildman–Crippen MR) is 64.0 cm³/mol. The number of rotatable bonds is 6. The van der Waals surface area contributed by atoms with Crippen LogP contribution in [0.1, 0.15) is 27.2 Å². The lowest BCUT2D eigenvalue weighted by molar-refractivity contribution is 0.0432. The van der Waals surface area contributed by atoms with Gasteiger partial charge in [-0.2, -0.15) is 0 Å². The average Bonchev–Trinajstić information content (AvgIpc) is 2.31. The minimum absolute atomic E-state index is 0.230. The zero-order valence-electron chi connectivity index (χ0n) is 10.1. The molecule has 0 aromatic heterocycles. The third-order valence-corrected chi connectivity index (χ3v) is 2.42. The van der Waals surface area contributed by atoms with Crippen molar-refractivity contribution in [2.75, 3.05) is 6.61 Å². The number of ether oxygens (including phenoxy) is 2. The van der Waals surface area contributed by atoms with E-state index in [1.165, 1.54) is 0 Å². The van der Waals surface area contributed by atoms with Crippen molar-refractivity contribution in [3.05, 3.63) is 24.3 Å². The number of aliphatic hydroxyl groups is 1.